The Hall–Kier alpha value is -1.43. The molecule has 0 aliphatic heterocycles. The van der Waals surface area contributed by atoms with E-state index in [-0.39, 0.29) is 11.4 Å². The van der Waals surface area contributed by atoms with Crippen LogP contribution in [0.25, 0.3) is 0 Å². The van der Waals surface area contributed by atoms with Gasteiger partial charge in [-0.15, -0.1) is 11.3 Å². The van der Waals surface area contributed by atoms with Crippen LogP contribution in [0.5, 0.6) is 0 Å². The van der Waals surface area contributed by atoms with Gasteiger partial charge in [0.05, 0.1) is 4.88 Å². The molecule has 0 spiro atoms. The van der Waals surface area contributed by atoms with E-state index < -0.39 is 10.9 Å². The molecule has 0 aliphatic rings. The molecule has 70 valence electrons. The number of aryl methyl sites for hydroxylation is 1. The van der Waals surface area contributed by atoms with Gasteiger partial charge in [0, 0.05) is 4.92 Å². The highest BCUT2D eigenvalue weighted by molar-refractivity contribution is 7.14. The van der Waals surface area contributed by atoms with Crippen LogP contribution in [-0.2, 0) is 6.54 Å². The molecule has 1 aromatic rings. The fraction of sp³-hybridized carbons (Fsp3) is 0.286. The molecule has 0 atom stereocenters. The minimum atomic E-state index is -1.03. The van der Waals surface area contributed by atoms with E-state index in [1.165, 1.54) is 6.07 Å². The van der Waals surface area contributed by atoms with Crippen molar-refractivity contribution < 1.29 is 14.8 Å². The molecule has 1 rings (SSSR count). The van der Waals surface area contributed by atoms with E-state index in [1.807, 2.05) is 0 Å². The largest absolute Gasteiger partial charge is 0.477 e. The highest BCUT2D eigenvalue weighted by atomic mass is 32.1. The van der Waals surface area contributed by atoms with Crippen LogP contribution in [0.1, 0.15) is 20.1 Å². The number of rotatable bonds is 3. The first-order valence-corrected chi connectivity index (χ1v) is 4.26. The Bertz CT molecular complexity index is 357. The van der Waals surface area contributed by atoms with Crippen LogP contribution < -0.4 is 0 Å². The number of aromatic carboxylic acids is 1. The number of carbonyl (C=O) groups is 1. The lowest BCUT2D eigenvalue weighted by Gasteiger charge is -1.87. The highest BCUT2D eigenvalue weighted by Crippen LogP contribution is 2.22. The standard InChI is InChI=1S/C7H7NO4S/c1-4-2-5(3-8(11)12)13-6(4)7(9)10/h2H,3H2,1H3,(H,9,10). The normalized spacial score (nSPS) is 9.92. The lowest BCUT2D eigenvalue weighted by atomic mass is 10.3. The molecular weight excluding hydrogens is 194 g/mol. The summed E-state index contributed by atoms with van der Waals surface area (Å²) < 4.78 is 0. The fourth-order valence-corrected chi connectivity index (χ4v) is 1.94. The highest BCUT2D eigenvalue weighted by Gasteiger charge is 2.14. The summed E-state index contributed by atoms with van der Waals surface area (Å²) in [6.07, 6.45) is 0. The lowest BCUT2D eigenvalue weighted by Crippen LogP contribution is -1.95. The molecule has 1 aromatic heterocycles. The number of nitrogens with zero attached hydrogens (tertiary/aromatic N) is 1. The van der Waals surface area contributed by atoms with Crippen LogP contribution in [0.15, 0.2) is 6.07 Å². The third kappa shape index (κ3) is 2.25. The van der Waals surface area contributed by atoms with Gasteiger partial charge in [-0.25, -0.2) is 4.79 Å². The van der Waals surface area contributed by atoms with Crippen molar-refractivity contribution in [2.24, 2.45) is 0 Å². The van der Waals surface area contributed by atoms with Gasteiger partial charge in [0.15, 0.2) is 0 Å². The van der Waals surface area contributed by atoms with E-state index in [0.717, 1.165) is 11.3 Å². The summed E-state index contributed by atoms with van der Waals surface area (Å²) in [5.74, 6) is -1.03. The van der Waals surface area contributed by atoms with Crippen LogP contribution >= 0.6 is 11.3 Å². The molecule has 0 fully saturated rings. The molecule has 0 radical (unpaired) electrons. The number of nitro groups is 1. The number of hydrogen-bond acceptors (Lipinski definition) is 4. The second kappa shape index (κ2) is 3.53. The Morgan fingerprint density at radius 2 is 2.38 bits per heavy atom. The molecule has 1 heterocycles. The van der Waals surface area contributed by atoms with E-state index in [0.29, 0.717) is 10.4 Å². The van der Waals surface area contributed by atoms with Gasteiger partial charge in [-0.1, -0.05) is 0 Å². The maximum absolute atomic E-state index is 10.6. The van der Waals surface area contributed by atoms with E-state index in [1.54, 1.807) is 6.92 Å². The van der Waals surface area contributed by atoms with Gasteiger partial charge in [0.25, 0.3) is 0 Å². The average molecular weight is 201 g/mol. The second-order valence-electron chi connectivity index (χ2n) is 2.52. The predicted molar refractivity (Wildman–Crippen MR) is 46.7 cm³/mol. The van der Waals surface area contributed by atoms with Crippen molar-refractivity contribution in [2.75, 3.05) is 0 Å². The Kier molecular flexibility index (Phi) is 2.62. The Labute approximate surface area is 77.8 Å². The predicted octanol–water partition coefficient (Wildman–Crippen LogP) is 1.53. The van der Waals surface area contributed by atoms with Crippen LogP contribution in [0, 0.1) is 17.0 Å². The van der Waals surface area contributed by atoms with Crippen molar-refractivity contribution in [2.45, 2.75) is 13.5 Å². The Morgan fingerprint density at radius 3 is 2.77 bits per heavy atom. The van der Waals surface area contributed by atoms with E-state index in [9.17, 15) is 14.9 Å². The van der Waals surface area contributed by atoms with Crippen LogP contribution in [0.2, 0.25) is 0 Å². The van der Waals surface area contributed by atoms with Gasteiger partial charge in [0.1, 0.15) is 4.88 Å². The maximum atomic E-state index is 10.6. The number of carboxylic acids is 1. The minimum Gasteiger partial charge on any atom is -0.477 e. The maximum Gasteiger partial charge on any atom is 0.346 e. The average Bonchev–Trinajstić information content (AvgIpc) is 2.29. The van der Waals surface area contributed by atoms with E-state index >= 15 is 0 Å². The zero-order valence-electron chi connectivity index (χ0n) is 6.81. The summed E-state index contributed by atoms with van der Waals surface area (Å²) in [4.78, 5) is 20.9. The van der Waals surface area contributed by atoms with Crippen molar-refractivity contribution in [1.82, 2.24) is 0 Å². The van der Waals surface area contributed by atoms with Gasteiger partial charge in [-0.2, -0.15) is 0 Å². The Balaban J connectivity index is 2.95. The molecule has 13 heavy (non-hydrogen) atoms. The van der Waals surface area contributed by atoms with Gasteiger partial charge < -0.3 is 5.11 Å². The van der Waals surface area contributed by atoms with E-state index in [2.05, 4.69) is 0 Å². The van der Waals surface area contributed by atoms with Gasteiger partial charge in [-0.05, 0) is 18.6 Å². The SMILES string of the molecule is Cc1cc(C[N+](=O)[O-])sc1C(=O)O. The first-order valence-electron chi connectivity index (χ1n) is 3.45. The first-order chi connectivity index (χ1) is 6.00. The van der Waals surface area contributed by atoms with Crippen molar-refractivity contribution in [3.05, 3.63) is 31.5 Å². The molecule has 0 bridgehead atoms. The van der Waals surface area contributed by atoms with Crippen LogP contribution in [-0.4, -0.2) is 16.0 Å². The summed E-state index contributed by atoms with van der Waals surface area (Å²) in [5.41, 5.74) is 0.578. The molecule has 0 amide bonds. The zero-order chi connectivity index (χ0) is 10.0. The Morgan fingerprint density at radius 1 is 1.77 bits per heavy atom. The van der Waals surface area contributed by atoms with Gasteiger partial charge in [-0.3, -0.25) is 10.1 Å². The van der Waals surface area contributed by atoms with Crippen LogP contribution in [0.4, 0.5) is 0 Å². The zero-order valence-corrected chi connectivity index (χ0v) is 7.63. The number of carboxylic acid groups (broad SMARTS) is 1. The summed E-state index contributed by atoms with van der Waals surface area (Å²) in [6, 6.07) is 1.54. The summed E-state index contributed by atoms with van der Waals surface area (Å²) >= 11 is 0.955. The molecule has 0 aliphatic carbocycles. The van der Waals surface area contributed by atoms with Crippen molar-refractivity contribution in [3.63, 3.8) is 0 Å². The van der Waals surface area contributed by atoms with Gasteiger partial charge in [0.2, 0.25) is 6.54 Å². The van der Waals surface area contributed by atoms with Crippen molar-refractivity contribution in [3.8, 4) is 0 Å². The van der Waals surface area contributed by atoms with Crippen LogP contribution in [0.3, 0.4) is 0 Å². The quantitative estimate of drug-likeness (QED) is 0.594. The second-order valence-corrected chi connectivity index (χ2v) is 3.66. The lowest BCUT2D eigenvalue weighted by molar-refractivity contribution is -0.496. The third-order valence-corrected chi connectivity index (χ3v) is 2.66. The van der Waals surface area contributed by atoms with Crippen molar-refractivity contribution >= 4 is 17.3 Å². The molecule has 0 aromatic carbocycles. The smallest absolute Gasteiger partial charge is 0.346 e. The fourth-order valence-electron chi connectivity index (χ4n) is 0.966. The molecule has 0 unspecified atom stereocenters. The molecule has 5 nitrogen and oxygen atoms in total. The molecule has 0 saturated heterocycles. The molecule has 1 N–H and O–H groups in total. The van der Waals surface area contributed by atoms with Crippen molar-refractivity contribution in [1.29, 1.82) is 0 Å². The number of hydrogen-bond donors (Lipinski definition) is 1. The summed E-state index contributed by atoms with van der Waals surface area (Å²) in [5, 5.41) is 18.8. The third-order valence-electron chi connectivity index (χ3n) is 1.45. The molecular formula is C7H7NO4S. The number of thiophene rings is 1. The topological polar surface area (TPSA) is 80.4 Å². The summed E-state index contributed by atoms with van der Waals surface area (Å²) in [7, 11) is 0. The molecule has 0 saturated carbocycles. The summed E-state index contributed by atoms with van der Waals surface area (Å²) in [6.45, 7) is 1.32. The monoisotopic (exact) mass is 201 g/mol. The minimum absolute atomic E-state index is 0.178. The molecule has 6 heteroatoms. The van der Waals surface area contributed by atoms with E-state index in [4.69, 9.17) is 5.11 Å². The van der Waals surface area contributed by atoms with Gasteiger partial charge >= 0.3 is 5.97 Å². The first kappa shape index (κ1) is 9.66.